The van der Waals surface area contributed by atoms with Crippen LogP contribution in [0.3, 0.4) is 0 Å². The Bertz CT molecular complexity index is 662. The van der Waals surface area contributed by atoms with Gasteiger partial charge in [-0.2, -0.15) is 0 Å². The number of nitrogens with two attached hydrogens (primary N) is 1. The second kappa shape index (κ2) is 7.38. The molecule has 2 heterocycles. The highest BCUT2D eigenvalue weighted by Crippen LogP contribution is 2.34. The molecular formula is C19H27N3O2S. The molecule has 6 heteroatoms. The van der Waals surface area contributed by atoms with Gasteiger partial charge in [-0.15, -0.1) is 11.8 Å². The predicted molar refractivity (Wildman–Crippen MR) is 102 cm³/mol. The van der Waals surface area contributed by atoms with Crippen molar-refractivity contribution < 1.29 is 9.59 Å². The molecule has 1 unspecified atom stereocenters. The van der Waals surface area contributed by atoms with E-state index in [2.05, 4.69) is 13.8 Å². The van der Waals surface area contributed by atoms with E-state index in [1.54, 1.807) is 11.8 Å². The number of carbonyl (C=O) groups is 2. The number of para-hydroxylation sites is 1. The Morgan fingerprint density at radius 1 is 1.20 bits per heavy atom. The number of rotatable bonds is 3. The lowest BCUT2D eigenvalue weighted by atomic mass is 9.79. The van der Waals surface area contributed by atoms with Gasteiger partial charge < -0.3 is 15.5 Å². The van der Waals surface area contributed by atoms with Gasteiger partial charge in [-0.3, -0.25) is 9.59 Å². The summed E-state index contributed by atoms with van der Waals surface area (Å²) >= 11 is 1.78. The van der Waals surface area contributed by atoms with Crippen molar-refractivity contribution in [3.63, 3.8) is 0 Å². The van der Waals surface area contributed by atoms with Gasteiger partial charge in [0.1, 0.15) is 0 Å². The average molecular weight is 362 g/mol. The molecule has 0 saturated carbocycles. The van der Waals surface area contributed by atoms with Crippen molar-refractivity contribution in [3.8, 4) is 0 Å². The van der Waals surface area contributed by atoms with Crippen LogP contribution in [0.1, 0.15) is 33.1 Å². The summed E-state index contributed by atoms with van der Waals surface area (Å²) in [4.78, 5) is 30.0. The summed E-state index contributed by atoms with van der Waals surface area (Å²) in [6.45, 7) is 6.28. The van der Waals surface area contributed by atoms with E-state index in [1.165, 1.54) is 0 Å². The van der Waals surface area contributed by atoms with E-state index in [0.29, 0.717) is 19.6 Å². The van der Waals surface area contributed by atoms with Crippen LogP contribution in [0.25, 0.3) is 0 Å². The van der Waals surface area contributed by atoms with Gasteiger partial charge in [-0.1, -0.05) is 26.0 Å². The molecule has 1 atom stereocenters. The Morgan fingerprint density at radius 3 is 2.68 bits per heavy atom. The molecular weight excluding hydrogens is 334 g/mol. The van der Waals surface area contributed by atoms with Crippen molar-refractivity contribution >= 4 is 29.3 Å². The molecule has 2 N–H and O–H groups in total. The number of likely N-dealkylation sites (tertiary alicyclic amines) is 1. The first-order valence-corrected chi connectivity index (χ1v) is 9.92. The van der Waals surface area contributed by atoms with Crippen LogP contribution in [0.2, 0.25) is 0 Å². The number of benzene rings is 1. The van der Waals surface area contributed by atoms with E-state index < -0.39 is 0 Å². The van der Waals surface area contributed by atoms with Crippen LogP contribution in [0.15, 0.2) is 29.2 Å². The molecule has 0 spiro atoms. The number of thioether (sulfide) groups is 1. The van der Waals surface area contributed by atoms with Crippen molar-refractivity contribution in [1.29, 1.82) is 0 Å². The first-order valence-electron chi connectivity index (χ1n) is 8.94. The zero-order valence-electron chi connectivity index (χ0n) is 15.0. The summed E-state index contributed by atoms with van der Waals surface area (Å²) in [6, 6.07) is 8.10. The van der Waals surface area contributed by atoms with Crippen molar-refractivity contribution in [2.75, 3.05) is 30.3 Å². The Balaban J connectivity index is 1.57. The maximum absolute atomic E-state index is 12.7. The number of fused-ring (bicyclic) bond motifs is 1. The van der Waals surface area contributed by atoms with Gasteiger partial charge in [0.25, 0.3) is 0 Å². The van der Waals surface area contributed by atoms with Gasteiger partial charge in [-0.05, 0) is 24.0 Å². The lowest BCUT2D eigenvalue weighted by Crippen LogP contribution is -2.54. The summed E-state index contributed by atoms with van der Waals surface area (Å²) in [5.74, 6) is 0.997. The zero-order valence-corrected chi connectivity index (χ0v) is 15.8. The van der Waals surface area contributed by atoms with E-state index in [4.69, 9.17) is 5.73 Å². The van der Waals surface area contributed by atoms with Crippen LogP contribution in [-0.4, -0.2) is 48.1 Å². The van der Waals surface area contributed by atoms with Crippen LogP contribution >= 0.6 is 11.8 Å². The molecule has 3 rings (SSSR count). The minimum absolute atomic E-state index is 0.0362. The third-order valence-electron chi connectivity index (χ3n) is 5.25. The van der Waals surface area contributed by atoms with E-state index in [0.717, 1.165) is 22.8 Å². The third-order valence-corrected chi connectivity index (χ3v) is 6.29. The largest absolute Gasteiger partial charge is 0.342 e. The quantitative estimate of drug-likeness (QED) is 0.898. The minimum atomic E-state index is -0.0685. The van der Waals surface area contributed by atoms with Crippen molar-refractivity contribution in [1.82, 2.24) is 4.90 Å². The molecule has 25 heavy (non-hydrogen) atoms. The van der Waals surface area contributed by atoms with Gasteiger partial charge in [0, 0.05) is 49.2 Å². The van der Waals surface area contributed by atoms with E-state index in [-0.39, 0.29) is 36.1 Å². The highest BCUT2D eigenvalue weighted by molar-refractivity contribution is 7.99. The molecule has 0 aromatic heterocycles. The molecule has 0 radical (unpaired) electrons. The zero-order chi connectivity index (χ0) is 18.0. The lowest BCUT2D eigenvalue weighted by Gasteiger charge is -2.42. The fourth-order valence-corrected chi connectivity index (χ4v) is 4.52. The number of nitrogens with zero attached hydrogens (tertiary/aromatic N) is 2. The monoisotopic (exact) mass is 361 g/mol. The summed E-state index contributed by atoms with van der Waals surface area (Å²) in [6.07, 6.45) is 1.36. The van der Waals surface area contributed by atoms with Gasteiger partial charge in [0.05, 0.1) is 5.69 Å². The number of carbonyl (C=O) groups excluding carboxylic acids is 2. The highest BCUT2D eigenvalue weighted by Gasteiger charge is 2.35. The molecule has 1 aromatic rings. The van der Waals surface area contributed by atoms with E-state index in [9.17, 15) is 9.59 Å². The lowest BCUT2D eigenvalue weighted by molar-refractivity contribution is -0.136. The van der Waals surface area contributed by atoms with Crippen LogP contribution < -0.4 is 10.6 Å². The first-order chi connectivity index (χ1) is 11.9. The SMILES string of the molecule is CC1(C)CN(C(=O)CCC(=O)N2CCSc3ccccc32)CCC1N. The average Bonchev–Trinajstić information content (AvgIpc) is 2.61. The molecule has 1 aromatic carbocycles. The molecule has 136 valence electrons. The van der Waals surface area contributed by atoms with Crippen molar-refractivity contribution in [3.05, 3.63) is 24.3 Å². The van der Waals surface area contributed by atoms with Gasteiger partial charge in [0.2, 0.25) is 11.8 Å². The minimum Gasteiger partial charge on any atom is -0.342 e. The van der Waals surface area contributed by atoms with Crippen LogP contribution in [0.5, 0.6) is 0 Å². The Labute approximate surface area is 153 Å². The molecule has 0 bridgehead atoms. The predicted octanol–water partition coefficient (Wildman–Crippen LogP) is 2.49. The second-order valence-corrected chi connectivity index (χ2v) is 8.70. The summed E-state index contributed by atoms with van der Waals surface area (Å²) in [5.41, 5.74) is 7.04. The number of hydrogen-bond donors (Lipinski definition) is 1. The molecule has 5 nitrogen and oxygen atoms in total. The fourth-order valence-electron chi connectivity index (χ4n) is 3.52. The van der Waals surface area contributed by atoms with Gasteiger partial charge in [-0.25, -0.2) is 0 Å². The van der Waals surface area contributed by atoms with Crippen LogP contribution in [0, 0.1) is 5.41 Å². The number of amides is 2. The van der Waals surface area contributed by atoms with E-state index in [1.807, 2.05) is 34.1 Å². The summed E-state index contributed by atoms with van der Waals surface area (Å²) < 4.78 is 0. The molecule has 2 aliphatic rings. The Morgan fingerprint density at radius 2 is 1.92 bits per heavy atom. The highest BCUT2D eigenvalue weighted by atomic mass is 32.2. The Hall–Kier alpha value is -1.53. The number of piperidine rings is 1. The number of hydrogen-bond acceptors (Lipinski definition) is 4. The van der Waals surface area contributed by atoms with Gasteiger partial charge in [0.15, 0.2) is 0 Å². The number of anilines is 1. The third kappa shape index (κ3) is 4.01. The maximum atomic E-state index is 12.7. The fraction of sp³-hybridized carbons (Fsp3) is 0.579. The van der Waals surface area contributed by atoms with Crippen molar-refractivity contribution in [2.45, 2.75) is 44.0 Å². The standard InChI is InChI=1S/C19H27N3O2S/c1-19(2)13-21(10-9-16(19)20)17(23)7-8-18(24)22-11-12-25-15-6-4-3-5-14(15)22/h3-6,16H,7-13,20H2,1-2H3. The van der Waals surface area contributed by atoms with E-state index >= 15 is 0 Å². The molecule has 0 aliphatic carbocycles. The maximum Gasteiger partial charge on any atom is 0.227 e. The molecule has 2 aliphatic heterocycles. The van der Waals surface area contributed by atoms with Crippen LogP contribution in [0.4, 0.5) is 5.69 Å². The molecule has 1 fully saturated rings. The molecule has 2 amide bonds. The van der Waals surface area contributed by atoms with Crippen LogP contribution in [-0.2, 0) is 9.59 Å². The normalized spacial score (nSPS) is 22.4. The second-order valence-electron chi connectivity index (χ2n) is 7.56. The molecule has 1 saturated heterocycles. The smallest absolute Gasteiger partial charge is 0.227 e. The van der Waals surface area contributed by atoms with Crippen molar-refractivity contribution in [2.24, 2.45) is 11.1 Å². The first kappa shape index (κ1) is 18.3. The van der Waals surface area contributed by atoms with Gasteiger partial charge >= 0.3 is 0 Å². The summed E-state index contributed by atoms with van der Waals surface area (Å²) in [5, 5.41) is 0. The Kier molecular flexibility index (Phi) is 5.39. The summed E-state index contributed by atoms with van der Waals surface area (Å²) in [7, 11) is 0. The topological polar surface area (TPSA) is 66.6 Å².